The Morgan fingerprint density at radius 2 is 1.93 bits per heavy atom. The van der Waals surface area contributed by atoms with Crippen LogP contribution in [0.15, 0.2) is 35.9 Å². The van der Waals surface area contributed by atoms with Crippen LogP contribution in [-0.2, 0) is 32.1 Å². The maximum absolute atomic E-state index is 17.7. The summed E-state index contributed by atoms with van der Waals surface area (Å²) in [5, 5.41) is 11.8. The summed E-state index contributed by atoms with van der Waals surface area (Å²) in [6, 6.07) is 2.26. The Balaban J connectivity index is 0.00000175. The van der Waals surface area contributed by atoms with Crippen LogP contribution in [0.5, 0.6) is 0 Å². The van der Waals surface area contributed by atoms with Gasteiger partial charge in [-0.1, -0.05) is 32.9 Å². The van der Waals surface area contributed by atoms with Crippen molar-refractivity contribution in [2.45, 2.75) is 91.2 Å². The van der Waals surface area contributed by atoms with Gasteiger partial charge in [0.25, 0.3) is 0 Å². The molecule has 7 rings (SSSR count). The maximum atomic E-state index is 17.7. The molecule has 1 N–H and O–H groups in total. The minimum Gasteiger partial charge on any atom is -0.458 e. The summed E-state index contributed by atoms with van der Waals surface area (Å²) in [7, 11) is 0. The number of nitrogens with zero attached hydrogens (tertiary/aromatic N) is 1. The molecule has 1 aliphatic heterocycles. The van der Waals surface area contributed by atoms with E-state index in [1.165, 1.54) is 40.5 Å². The van der Waals surface area contributed by atoms with Crippen molar-refractivity contribution in [3.63, 3.8) is 0 Å². The van der Waals surface area contributed by atoms with Crippen molar-refractivity contribution in [1.82, 2.24) is 4.90 Å². The predicted octanol–water partition coefficient (Wildman–Crippen LogP) is 6.21. The van der Waals surface area contributed by atoms with Gasteiger partial charge >= 0.3 is 5.97 Å². The van der Waals surface area contributed by atoms with Crippen LogP contribution in [0.2, 0.25) is 0 Å². The summed E-state index contributed by atoms with van der Waals surface area (Å²) < 4.78 is 38.8. The molecule has 1 unspecified atom stereocenters. The molecule has 9 atom stereocenters. The molecule has 5 aliphatic carbocycles. The van der Waals surface area contributed by atoms with E-state index in [4.69, 9.17) is 4.74 Å². The molecule has 6 aliphatic rings. The highest BCUT2D eigenvalue weighted by atomic mass is 32.1. The first-order valence-corrected chi connectivity index (χ1v) is 17.3. The number of hydrogen-bond acceptors (Lipinski definition) is 7. The van der Waals surface area contributed by atoms with Crippen molar-refractivity contribution in [3.05, 3.63) is 51.3 Å². The van der Waals surface area contributed by atoms with Gasteiger partial charge in [-0.3, -0.25) is 19.3 Å². The molecule has 244 valence electrons. The fourth-order valence-electron chi connectivity index (χ4n) is 10.4. The Kier molecular flexibility index (Phi) is 8.18. The number of aliphatic hydroxyl groups is 1. The summed E-state index contributed by atoms with van der Waals surface area (Å²) >= 11 is 1.77. The van der Waals surface area contributed by atoms with Crippen molar-refractivity contribution >= 4 is 34.9 Å². The van der Waals surface area contributed by atoms with E-state index < -0.39 is 46.1 Å². The van der Waals surface area contributed by atoms with Gasteiger partial charge < -0.3 is 9.84 Å². The minimum absolute atomic E-state index is 0.0283. The lowest BCUT2D eigenvalue weighted by molar-refractivity contribution is -0.212. The third kappa shape index (κ3) is 4.54. The van der Waals surface area contributed by atoms with Gasteiger partial charge in [0.1, 0.15) is 6.17 Å². The number of aliphatic hydroxyl groups excluding tert-OH is 1. The lowest BCUT2D eigenvalue weighted by atomic mass is 9.43. The molecule has 0 aromatic carbocycles. The molecule has 1 aromatic rings. The molecule has 0 amide bonds. The Labute approximate surface area is 268 Å². The van der Waals surface area contributed by atoms with E-state index in [-0.39, 0.29) is 48.4 Å². The third-order valence-electron chi connectivity index (χ3n) is 12.3. The Morgan fingerprint density at radius 3 is 2.64 bits per heavy atom. The van der Waals surface area contributed by atoms with Crippen LogP contribution in [0, 0.1) is 34.0 Å². The van der Waals surface area contributed by atoms with E-state index in [0.717, 1.165) is 12.8 Å². The van der Waals surface area contributed by atoms with Crippen molar-refractivity contribution in [1.29, 1.82) is 0 Å². The van der Waals surface area contributed by atoms with Crippen molar-refractivity contribution in [2.24, 2.45) is 34.0 Å². The lowest BCUT2D eigenvalue weighted by Gasteiger charge is -2.63. The molecule has 2 heterocycles. The Bertz CT molecular complexity index is 1500. The van der Waals surface area contributed by atoms with Gasteiger partial charge in [0, 0.05) is 47.6 Å². The van der Waals surface area contributed by atoms with Crippen molar-refractivity contribution in [2.75, 3.05) is 19.7 Å². The lowest BCUT2D eigenvalue weighted by Crippen LogP contribution is -2.69. The van der Waals surface area contributed by atoms with E-state index in [1.807, 2.05) is 20.8 Å². The molecule has 4 fully saturated rings. The number of rotatable bonds is 5. The number of hydrogen-bond donors (Lipinski definition) is 1. The molecule has 45 heavy (non-hydrogen) atoms. The average Bonchev–Trinajstić information content (AvgIpc) is 3.65. The highest BCUT2D eigenvalue weighted by Crippen LogP contribution is 2.74. The van der Waals surface area contributed by atoms with E-state index in [2.05, 4.69) is 23.1 Å². The number of likely N-dealkylation sites (tertiary alicyclic amines) is 1. The number of thiophene rings is 1. The number of ether oxygens (including phenoxy) is 1. The molecule has 1 saturated heterocycles. The number of allylic oxidation sites excluding steroid dienone is 5. The summed E-state index contributed by atoms with van der Waals surface area (Å²) in [6.07, 6.45) is 7.77. The fraction of sp³-hybridized carbons (Fsp3) is 0.639. The third-order valence-corrected chi connectivity index (χ3v) is 13.4. The quantitative estimate of drug-likeness (QED) is 0.385. The second-order valence-corrected chi connectivity index (χ2v) is 15.3. The van der Waals surface area contributed by atoms with Gasteiger partial charge in [-0.25, -0.2) is 8.78 Å². The van der Waals surface area contributed by atoms with E-state index >= 15 is 8.78 Å². The minimum atomic E-state index is -2.19. The number of carbonyl (C=O) groups is 3. The van der Waals surface area contributed by atoms with Gasteiger partial charge in [0.15, 0.2) is 23.8 Å². The number of alkyl halides is 2. The molecule has 3 saturated carbocycles. The smallest absolute Gasteiger partial charge is 0.303 e. The van der Waals surface area contributed by atoms with Crippen LogP contribution in [0.4, 0.5) is 8.78 Å². The van der Waals surface area contributed by atoms with Crippen LogP contribution in [0.25, 0.3) is 6.08 Å². The van der Waals surface area contributed by atoms with Gasteiger partial charge in [0.05, 0.1) is 11.5 Å². The van der Waals surface area contributed by atoms with Crippen LogP contribution in [0.1, 0.15) is 75.6 Å². The zero-order valence-electron chi connectivity index (χ0n) is 26.9. The van der Waals surface area contributed by atoms with Crippen LogP contribution < -0.4 is 0 Å². The Hall–Kier alpha value is -2.49. The van der Waals surface area contributed by atoms with Gasteiger partial charge in [-0.05, 0) is 91.7 Å². The first-order valence-electron chi connectivity index (χ1n) is 16.5. The van der Waals surface area contributed by atoms with Gasteiger partial charge in [0.2, 0.25) is 0 Å². The second-order valence-electron chi connectivity index (χ2n) is 14.2. The zero-order valence-corrected chi connectivity index (χ0v) is 27.7. The number of aryl methyl sites for hydroxylation is 1. The summed E-state index contributed by atoms with van der Waals surface area (Å²) in [6.45, 7) is 10.2. The number of esters is 1. The van der Waals surface area contributed by atoms with Crippen molar-refractivity contribution < 1.29 is 33.0 Å². The first kappa shape index (κ1) is 32.5. The van der Waals surface area contributed by atoms with Crippen LogP contribution >= 0.6 is 11.3 Å². The number of Topliss-reactive ketones (excluding diaryl/α,β-unsaturated/α-hetero) is 1. The topological polar surface area (TPSA) is 83.9 Å². The second kappa shape index (κ2) is 11.3. The normalized spacial score (nSPS) is 41.1. The summed E-state index contributed by atoms with van der Waals surface area (Å²) in [5.74, 6) is -2.48. The molecule has 1 aromatic heterocycles. The van der Waals surface area contributed by atoms with E-state index in [9.17, 15) is 19.5 Å². The molecule has 0 bridgehead atoms. The van der Waals surface area contributed by atoms with E-state index in [1.54, 1.807) is 18.3 Å². The number of fused-ring (bicyclic) bond motifs is 8. The average molecular weight is 642 g/mol. The zero-order chi connectivity index (χ0) is 32.5. The van der Waals surface area contributed by atoms with E-state index in [0.29, 0.717) is 26.1 Å². The first-order chi connectivity index (χ1) is 21.3. The van der Waals surface area contributed by atoms with Crippen LogP contribution in [-0.4, -0.2) is 65.2 Å². The predicted molar refractivity (Wildman–Crippen MR) is 170 cm³/mol. The molecule has 0 spiro atoms. The molecule has 6 nitrogen and oxygen atoms in total. The number of ketones is 2. The maximum Gasteiger partial charge on any atom is 0.303 e. The standard InChI is InChI=1S/C34H39F2NO5S.C2H6/c1-19(38)42-17-30(41)33-18-37(16-23-10-20-6-4-5-7-28(20)43-23)15-21(33)11-24-25-13-27(35)26-12-22(39)8-9-31(26,2)34(25,36)29(40)14-32(24,33)3;1-2/h5,7-10,12,21,24-25,27,29,40H,4,6,11,13-18H2,1-3H3;1-2H3/t21-,24?,25-,27-,29-,31-,32-,33+,34-;/m0./s1. The molecule has 9 heteroatoms. The van der Waals surface area contributed by atoms with Gasteiger partial charge in [-0.15, -0.1) is 11.3 Å². The van der Waals surface area contributed by atoms with Gasteiger partial charge in [-0.2, -0.15) is 0 Å². The molecule has 0 radical (unpaired) electrons. The SMILES string of the molecule is CC.CC(=O)OCC(=O)[C@@]12CN(Cc3cc4c(s3)C=CCC4)C[C@@H]1CC1[C@@H]3C[C@H](F)C4=CC(=O)C=C[C@]4(C)[C@@]3(F)[C@@H](O)C[C@@]12C. The highest BCUT2D eigenvalue weighted by molar-refractivity contribution is 7.13. The van der Waals surface area contributed by atoms with Crippen LogP contribution in [0.3, 0.4) is 0 Å². The summed E-state index contributed by atoms with van der Waals surface area (Å²) in [4.78, 5) is 43.0. The fourth-order valence-corrected chi connectivity index (χ4v) is 11.5. The molecular formula is C36H45F2NO5S. The number of carbonyl (C=O) groups excluding carboxylic acids is 3. The largest absolute Gasteiger partial charge is 0.458 e. The summed E-state index contributed by atoms with van der Waals surface area (Å²) in [5.41, 5.74) is -4.03. The highest BCUT2D eigenvalue weighted by Gasteiger charge is 2.78. The number of halogens is 2. The molecular weight excluding hydrogens is 596 g/mol. The monoisotopic (exact) mass is 641 g/mol. The Morgan fingerprint density at radius 1 is 1.18 bits per heavy atom. The van der Waals surface area contributed by atoms with Crippen molar-refractivity contribution in [3.8, 4) is 0 Å².